The van der Waals surface area contributed by atoms with Crippen LogP contribution < -0.4 is 5.73 Å². The van der Waals surface area contributed by atoms with Crippen LogP contribution in [0.1, 0.15) is 18.7 Å². The van der Waals surface area contributed by atoms with E-state index in [0.717, 1.165) is 0 Å². The summed E-state index contributed by atoms with van der Waals surface area (Å²) < 4.78 is 1.51. The van der Waals surface area contributed by atoms with Gasteiger partial charge >= 0.3 is 0 Å². The van der Waals surface area contributed by atoms with E-state index in [-0.39, 0.29) is 12.3 Å². The highest BCUT2D eigenvalue weighted by Crippen LogP contribution is 1.97. The minimum atomic E-state index is -0.389. The lowest BCUT2D eigenvalue weighted by atomic mass is 10.3. The van der Waals surface area contributed by atoms with E-state index in [1.807, 2.05) is 6.07 Å². The van der Waals surface area contributed by atoms with Crippen molar-refractivity contribution in [1.82, 2.24) is 20.2 Å². The molecule has 0 unspecified atom stereocenters. The Labute approximate surface area is 80.5 Å². The molecule has 2 N–H and O–H groups in total. The van der Waals surface area contributed by atoms with Gasteiger partial charge in [-0.1, -0.05) is 0 Å². The van der Waals surface area contributed by atoms with Crippen LogP contribution in [0.3, 0.4) is 0 Å². The maximum atomic E-state index is 10.5. The number of nitrogens with two attached hydrogens (primary N) is 1. The number of aromatic nitrogens is 4. The molecule has 1 amide bonds. The van der Waals surface area contributed by atoms with Crippen LogP contribution in [-0.2, 0) is 17.8 Å². The lowest BCUT2D eigenvalue weighted by Crippen LogP contribution is -2.14. The van der Waals surface area contributed by atoms with Gasteiger partial charge in [-0.25, -0.2) is 4.68 Å². The molecule has 0 aliphatic rings. The molecule has 74 valence electrons. The predicted octanol–water partition coefficient (Wildman–Crippen LogP) is -0.995. The minimum Gasteiger partial charge on any atom is -0.370 e. The standard InChI is InChI=1S/C7H10N6O/c8-4-1-5-13-7(10-11-12-13)3-2-6(9)14/h1-3,5H2,(H2,9,14). The minimum absolute atomic E-state index is 0.215. The van der Waals surface area contributed by atoms with Gasteiger partial charge in [-0.2, -0.15) is 5.26 Å². The summed E-state index contributed by atoms with van der Waals surface area (Å²) in [6.07, 6.45) is 0.968. The van der Waals surface area contributed by atoms with Gasteiger partial charge in [0, 0.05) is 12.8 Å². The Morgan fingerprint density at radius 1 is 1.64 bits per heavy atom. The SMILES string of the molecule is N#CCCn1nnnc1CCC(N)=O. The summed E-state index contributed by atoms with van der Waals surface area (Å²) >= 11 is 0. The van der Waals surface area contributed by atoms with Gasteiger partial charge in [0.15, 0.2) is 5.82 Å². The summed E-state index contributed by atoms with van der Waals surface area (Å²) in [4.78, 5) is 10.5. The van der Waals surface area contributed by atoms with Gasteiger partial charge in [0.1, 0.15) is 0 Å². The Balaban J connectivity index is 2.54. The fourth-order valence-electron chi connectivity index (χ4n) is 0.967. The molecule has 7 nitrogen and oxygen atoms in total. The number of amides is 1. The molecule has 0 aliphatic heterocycles. The number of nitrogens with zero attached hydrogens (tertiary/aromatic N) is 5. The molecule has 0 aromatic carbocycles. The number of rotatable bonds is 5. The van der Waals surface area contributed by atoms with Crippen LogP contribution >= 0.6 is 0 Å². The Hall–Kier alpha value is -1.97. The van der Waals surface area contributed by atoms with E-state index in [9.17, 15) is 4.79 Å². The Kier molecular flexibility index (Phi) is 3.55. The zero-order valence-corrected chi connectivity index (χ0v) is 7.55. The number of tetrazole rings is 1. The number of hydrogen-bond acceptors (Lipinski definition) is 5. The summed E-state index contributed by atoms with van der Waals surface area (Å²) in [5.74, 6) is 0.193. The molecule has 7 heteroatoms. The quantitative estimate of drug-likeness (QED) is 0.646. The van der Waals surface area contributed by atoms with Crippen molar-refractivity contribution in [3.05, 3.63) is 5.82 Å². The third-order valence-corrected chi connectivity index (χ3v) is 1.64. The molecule has 0 fully saturated rings. The van der Waals surface area contributed by atoms with Gasteiger partial charge in [0.05, 0.1) is 19.0 Å². The van der Waals surface area contributed by atoms with Crippen molar-refractivity contribution in [3.8, 4) is 6.07 Å². The number of carbonyl (C=O) groups is 1. The first-order chi connectivity index (χ1) is 6.74. The molecule has 0 aliphatic carbocycles. The van der Waals surface area contributed by atoms with Gasteiger partial charge in [0.25, 0.3) is 0 Å². The highest BCUT2D eigenvalue weighted by molar-refractivity contribution is 5.73. The van der Waals surface area contributed by atoms with E-state index in [4.69, 9.17) is 11.0 Å². The van der Waals surface area contributed by atoms with Crippen LogP contribution in [0.25, 0.3) is 0 Å². The van der Waals surface area contributed by atoms with Crippen molar-refractivity contribution in [1.29, 1.82) is 5.26 Å². The molecule has 0 spiro atoms. The molecule has 0 saturated heterocycles. The first kappa shape index (κ1) is 10.1. The fraction of sp³-hybridized carbons (Fsp3) is 0.571. The van der Waals surface area contributed by atoms with Gasteiger partial charge in [-0.3, -0.25) is 4.79 Å². The summed E-state index contributed by atoms with van der Waals surface area (Å²) in [6.45, 7) is 0.442. The van der Waals surface area contributed by atoms with Gasteiger partial charge in [0.2, 0.25) is 5.91 Å². The van der Waals surface area contributed by atoms with Gasteiger partial charge in [-0.05, 0) is 10.4 Å². The van der Waals surface area contributed by atoms with Crippen molar-refractivity contribution in [2.24, 2.45) is 5.73 Å². The Morgan fingerprint density at radius 2 is 2.43 bits per heavy atom. The summed E-state index contributed by atoms with van der Waals surface area (Å²) in [5.41, 5.74) is 4.99. The molecule has 14 heavy (non-hydrogen) atoms. The second kappa shape index (κ2) is 4.91. The normalized spacial score (nSPS) is 9.64. The lowest BCUT2D eigenvalue weighted by molar-refractivity contribution is -0.118. The smallest absolute Gasteiger partial charge is 0.217 e. The summed E-state index contributed by atoms with van der Waals surface area (Å²) in [6, 6.07) is 1.99. The van der Waals surface area contributed by atoms with Gasteiger partial charge in [-0.15, -0.1) is 5.10 Å². The molecule has 0 saturated carbocycles. The zero-order valence-electron chi connectivity index (χ0n) is 7.55. The number of primary amides is 1. The van der Waals surface area contributed by atoms with Crippen LogP contribution in [0.4, 0.5) is 0 Å². The molecule has 0 atom stereocenters. The maximum absolute atomic E-state index is 10.5. The van der Waals surface area contributed by atoms with Crippen molar-refractivity contribution in [3.63, 3.8) is 0 Å². The number of hydrogen-bond donors (Lipinski definition) is 1. The van der Waals surface area contributed by atoms with E-state index in [1.165, 1.54) is 4.68 Å². The summed E-state index contributed by atoms with van der Waals surface area (Å²) in [5, 5.41) is 19.2. The molecular formula is C7H10N6O. The second-order valence-electron chi connectivity index (χ2n) is 2.69. The molecule has 1 aromatic heterocycles. The average Bonchev–Trinajstić information content (AvgIpc) is 2.58. The van der Waals surface area contributed by atoms with Crippen LogP contribution in [-0.4, -0.2) is 26.1 Å². The first-order valence-corrected chi connectivity index (χ1v) is 4.14. The Bertz CT molecular complexity index is 351. The zero-order chi connectivity index (χ0) is 10.4. The number of carbonyl (C=O) groups excluding carboxylic acids is 1. The third-order valence-electron chi connectivity index (χ3n) is 1.64. The second-order valence-corrected chi connectivity index (χ2v) is 2.69. The fourth-order valence-corrected chi connectivity index (χ4v) is 0.967. The number of aryl methyl sites for hydroxylation is 2. The van der Waals surface area contributed by atoms with E-state index in [2.05, 4.69) is 15.5 Å². The van der Waals surface area contributed by atoms with E-state index in [0.29, 0.717) is 25.2 Å². The molecular weight excluding hydrogens is 184 g/mol. The molecule has 0 bridgehead atoms. The monoisotopic (exact) mass is 194 g/mol. The highest BCUT2D eigenvalue weighted by atomic mass is 16.1. The van der Waals surface area contributed by atoms with Crippen molar-refractivity contribution >= 4 is 5.91 Å². The number of nitriles is 1. The molecule has 1 heterocycles. The largest absolute Gasteiger partial charge is 0.370 e. The van der Waals surface area contributed by atoms with E-state index in [1.54, 1.807) is 0 Å². The first-order valence-electron chi connectivity index (χ1n) is 4.14. The highest BCUT2D eigenvalue weighted by Gasteiger charge is 2.06. The predicted molar refractivity (Wildman–Crippen MR) is 45.6 cm³/mol. The van der Waals surface area contributed by atoms with Crippen molar-refractivity contribution in [2.75, 3.05) is 0 Å². The van der Waals surface area contributed by atoms with Crippen LogP contribution in [0, 0.1) is 11.3 Å². The lowest BCUT2D eigenvalue weighted by Gasteiger charge is -1.99. The Morgan fingerprint density at radius 3 is 3.07 bits per heavy atom. The van der Waals surface area contributed by atoms with E-state index >= 15 is 0 Å². The molecule has 1 aromatic rings. The van der Waals surface area contributed by atoms with Crippen LogP contribution in [0.2, 0.25) is 0 Å². The van der Waals surface area contributed by atoms with Crippen LogP contribution in [0.5, 0.6) is 0 Å². The maximum Gasteiger partial charge on any atom is 0.217 e. The van der Waals surface area contributed by atoms with Crippen LogP contribution in [0.15, 0.2) is 0 Å². The topological polar surface area (TPSA) is 110 Å². The average molecular weight is 194 g/mol. The van der Waals surface area contributed by atoms with Gasteiger partial charge < -0.3 is 5.73 Å². The summed E-state index contributed by atoms with van der Waals surface area (Å²) in [7, 11) is 0. The third kappa shape index (κ3) is 2.82. The molecule has 0 radical (unpaired) electrons. The molecule has 1 rings (SSSR count). The van der Waals surface area contributed by atoms with Crippen molar-refractivity contribution < 1.29 is 4.79 Å². The van der Waals surface area contributed by atoms with E-state index < -0.39 is 0 Å². The van der Waals surface area contributed by atoms with Crippen molar-refractivity contribution in [2.45, 2.75) is 25.8 Å².